The molecule has 0 aliphatic rings. The van der Waals surface area contributed by atoms with E-state index in [4.69, 9.17) is 23.2 Å². The number of carbonyl (C=O) groups is 1. The number of hydrogen-bond acceptors (Lipinski definition) is 3. The van der Waals surface area contributed by atoms with Crippen molar-refractivity contribution in [3.05, 3.63) is 65.0 Å². The van der Waals surface area contributed by atoms with Crippen LogP contribution in [-0.4, -0.2) is 34.8 Å². The minimum Gasteiger partial charge on any atom is -0.327 e. The van der Waals surface area contributed by atoms with Gasteiger partial charge in [0.2, 0.25) is 0 Å². The minimum absolute atomic E-state index is 0.130. The van der Waals surface area contributed by atoms with Gasteiger partial charge in [0.05, 0.1) is 17.3 Å². The van der Waals surface area contributed by atoms with Crippen LogP contribution in [-0.2, 0) is 0 Å². The van der Waals surface area contributed by atoms with Crippen LogP contribution in [0.25, 0.3) is 0 Å². The first-order chi connectivity index (χ1) is 13.5. The van der Waals surface area contributed by atoms with Crippen LogP contribution in [0, 0.1) is 11.8 Å². The Bertz CT molecular complexity index is 776. The Hall–Kier alpha value is -2.55. The fourth-order valence-electron chi connectivity index (χ4n) is 1.64. The Morgan fingerprint density at radius 2 is 2.21 bits per heavy atom. The van der Waals surface area contributed by atoms with E-state index in [1.165, 1.54) is 17.4 Å². The second kappa shape index (κ2) is 15.5. The molecule has 1 N–H and O–H groups in total. The molecule has 7 heteroatoms. The van der Waals surface area contributed by atoms with E-state index in [2.05, 4.69) is 33.8 Å². The van der Waals surface area contributed by atoms with Crippen molar-refractivity contribution < 1.29 is 4.79 Å². The summed E-state index contributed by atoms with van der Waals surface area (Å²) in [6, 6.07) is 0.857. The van der Waals surface area contributed by atoms with Gasteiger partial charge in [0.1, 0.15) is 6.54 Å². The molecule has 2 amide bonds. The fourth-order valence-corrected chi connectivity index (χ4v) is 1.88. The number of halogens is 2. The van der Waals surface area contributed by atoms with Crippen LogP contribution in [0.3, 0.4) is 0 Å². The maximum Gasteiger partial charge on any atom is 0.339 e. The van der Waals surface area contributed by atoms with Crippen LogP contribution < -0.4 is 5.32 Å². The third-order valence-electron chi connectivity index (χ3n) is 3.06. The normalized spacial score (nSPS) is 11.9. The molecule has 28 heavy (non-hydrogen) atoms. The molecule has 1 unspecified atom stereocenters. The Labute approximate surface area is 177 Å². The third kappa shape index (κ3) is 9.96. The number of nitrogens with zero attached hydrogens (tertiary/aromatic N) is 3. The number of amides is 2. The molecule has 1 heterocycles. The van der Waals surface area contributed by atoms with Gasteiger partial charge >= 0.3 is 6.03 Å². The molecular weight excluding hydrogens is 395 g/mol. The van der Waals surface area contributed by atoms with Gasteiger partial charge in [0, 0.05) is 23.0 Å². The molecule has 1 atom stereocenters. The molecule has 1 aromatic heterocycles. The summed E-state index contributed by atoms with van der Waals surface area (Å²) in [4.78, 5) is 16.4. The average molecular weight is 421 g/mol. The summed E-state index contributed by atoms with van der Waals surface area (Å²) in [7, 11) is 0. The summed E-state index contributed by atoms with van der Waals surface area (Å²) in [6.45, 7) is 11.3. The van der Waals surface area contributed by atoms with Gasteiger partial charge in [-0.05, 0) is 26.0 Å². The SMILES string of the molecule is C=CC(/C=C\C(Cl)=C/C)NC(=O)N(CC#CC)/N=C/c1ccncc1Cl.CC. The van der Waals surface area contributed by atoms with E-state index in [9.17, 15) is 4.79 Å². The summed E-state index contributed by atoms with van der Waals surface area (Å²) < 4.78 is 0. The van der Waals surface area contributed by atoms with Gasteiger partial charge in [-0.2, -0.15) is 5.10 Å². The standard InChI is InChI=1S/C19H20Cl2N4O.C2H6/c1-4-7-12-25(23-13-15-10-11-22-14-18(15)21)19(26)24-17(6-3)9-8-16(20)5-2;1-2/h5-6,8-11,13-14,17H,3,12H2,1-2H3,(H,24,26);1-2H3/b9-8-,16-5+,23-13+;. The number of hydrogen-bond donors (Lipinski definition) is 1. The van der Waals surface area contributed by atoms with Crippen molar-refractivity contribution in [2.75, 3.05) is 6.54 Å². The fraction of sp³-hybridized carbons (Fsp3) is 0.286. The second-order valence-corrected chi connectivity index (χ2v) is 5.71. The highest BCUT2D eigenvalue weighted by molar-refractivity contribution is 6.33. The van der Waals surface area contributed by atoms with E-state index in [1.807, 2.05) is 20.8 Å². The summed E-state index contributed by atoms with van der Waals surface area (Å²) in [5, 5.41) is 9.15. The summed E-state index contributed by atoms with van der Waals surface area (Å²) in [6.07, 6.45) is 11.3. The van der Waals surface area contributed by atoms with E-state index in [0.29, 0.717) is 15.6 Å². The highest BCUT2D eigenvalue weighted by Gasteiger charge is 2.13. The van der Waals surface area contributed by atoms with E-state index in [1.54, 1.807) is 43.5 Å². The predicted octanol–water partition coefficient (Wildman–Crippen LogP) is 5.38. The highest BCUT2D eigenvalue weighted by atomic mass is 35.5. The number of rotatable bonds is 7. The van der Waals surface area contributed by atoms with Crippen LogP contribution in [0.15, 0.2) is 59.5 Å². The van der Waals surface area contributed by atoms with Crippen LogP contribution in [0.5, 0.6) is 0 Å². The Morgan fingerprint density at radius 3 is 2.79 bits per heavy atom. The first-order valence-electron chi connectivity index (χ1n) is 8.75. The van der Waals surface area contributed by atoms with E-state index < -0.39 is 12.1 Å². The van der Waals surface area contributed by atoms with Gasteiger partial charge in [-0.25, -0.2) is 9.80 Å². The van der Waals surface area contributed by atoms with Gasteiger partial charge in [0.25, 0.3) is 0 Å². The number of aromatic nitrogens is 1. The van der Waals surface area contributed by atoms with E-state index >= 15 is 0 Å². The summed E-state index contributed by atoms with van der Waals surface area (Å²) in [5.74, 6) is 5.55. The lowest BCUT2D eigenvalue weighted by molar-refractivity contribution is 0.206. The maximum atomic E-state index is 12.5. The van der Waals surface area contributed by atoms with Crippen LogP contribution >= 0.6 is 23.2 Å². The van der Waals surface area contributed by atoms with Crippen LogP contribution in [0.1, 0.15) is 33.3 Å². The molecule has 1 rings (SSSR count). The summed E-state index contributed by atoms with van der Waals surface area (Å²) >= 11 is 12.0. The number of allylic oxidation sites excluding steroid dienone is 3. The molecular formula is C21H26Cl2N4O. The lowest BCUT2D eigenvalue weighted by Crippen LogP contribution is -2.41. The first-order valence-corrected chi connectivity index (χ1v) is 9.51. The number of urea groups is 1. The zero-order valence-electron chi connectivity index (χ0n) is 16.6. The number of pyridine rings is 1. The Balaban J connectivity index is 0.00000352. The maximum absolute atomic E-state index is 12.5. The quantitative estimate of drug-likeness (QED) is 0.211. The topological polar surface area (TPSA) is 57.6 Å². The molecule has 0 aliphatic heterocycles. The molecule has 150 valence electrons. The van der Waals surface area contributed by atoms with Crippen LogP contribution in [0.4, 0.5) is 4.79 Å². The molecule has 0 spiro atoms. The second-order valence-electron chi connectivity index (χ2n) is 4.87. The van der Waals surface area contributed by atoms with Crippen molar-refractivity contribution in [3.8, 4) is 11.8 Å². The van der Waals surface area contributed by atoms with Crippen molar-refractivity contribution in [2.24, 2.45) is 5.10 Å². The van der Waals surface area contributed by atoms with E-state index in [0.717, 1.165) is 0 Å². The minimum atomic E-state index is -0.430. The van der Waals surface area contributed by atoms with Gasteiger partial charge in [-0.15, -0.1) is 12.5 Å². The molecule has 1 aromatic rings. The lowest BCUT2D eigenvalue weighted by Gasteiger charge is -2.18. The molecule has 0 saturated heterocycles. The van der Waals surface area contributed by atoms with Gasteiger partial charge in [-0.1, -0.05) is 61.2 Å². The number of carbonyl (C=O) groups excluding carboxylic acids is 1. The van der Waals surface area contributed by atoms with Crippen molar-refractivity contribution in [2.45, 2.75) is 33.7 Å². The highest BCUT2D eigenvalue weighted by Crippen LogP contribution is 2.11. The monoisotopic (exact) mass is 420 g/mol. The Kier molecular flexibility index (Phi) is 14.1. The van der Waals surface area contributed by atoms with Crippen molar-refractivity contribution >= 4 is 35.4 Å². The Morgan fingerprint density at radius 1 is 1.50 bits per heavy atom. The largest absolute Gasteiger partial charge is 0.339 e. The number of nitrogens with one attached hydrogen (secondary N) is 1. The number of hydrazone groups is 1. The predicted molar refractivity (Wildman–Crippen MR) is 120 cm³/mol. The van der Waals surface area contributed by atoms with Crippen molar-refractivity contribution in [1.29, 1.82) is 0 Å². The van der Waals surface area contributed by atoms with Crippen LogP contribution in [0.2, 0.25) is 5.02 Å². The van der Waals surface area contributed by atoms with Gasteiger partial charge in [-0.3, -0.25) is 4.98 Å². The van der Waals surface area contributed by atoms with Gasteiger partial charge in [0.15, 0.2) is 0 Å². The molecule has 0 aliphatic carbocycles. The molecule has 0 bridgehead atoms. The molecule has 0 saturated carbocycles. The summed E-state index contributed by atoms with van der Waals surface area (Å²) in [5.41, 5.74) is 0.643. The van der Waals surface area contributed by atoms with Gasteiger partial charge < -0.3 is 5.32 Å². The molecule has 0 fully saturated rings. The zero-order chi connectivity index (χ0) is 21.4. The average Bonchev–Trinajstić information content (AvgIpc) is 2.73. The smallest absolute Gasteiger partial charge is 0.327 e. The third-order valence-corrected chi connectivity index (χ3v) is 3.72. The first kappa shape index (κ1) is 25.4. The van der Waals surface area contributed by atoms with Crippen molar-refractivity contribution in [3.63, 3.8) is 0 Å². The molecule has 0 aromatic carbocycles. The lowest BCUT2D eigenvalue weighted by atomic mass is 10.2. The molecule has 5 nitrogen and oxygen atoms in total. The van der Waals surface area contributed by atoms with Crippen molar-refractivity contribution in [1.82, 2.24) is 15.3 Å². The molecule has 0 radical (unpaired) electrons. The van der Waals surface area contributed by atoms with E-state index in [-0.39, 0.29) is 6.54 Å². The zero-order valence-corrected chi connectivity index (χ0v) is 18.1.